The predicted molar refractivity (Wildman–Crippen MR) is 140 cm³/mol. The Hall–Kier alpha value is -3.87. The van der Waals surface area contributed by atoms with Gasteiger partial charge < -0.3 is 9.30 Å². The van der Waals surface area contributed by atoms with Gasteiger partial charge >= 0.3 is 0 Å². The van der Waals surface area contributed by atoms with Crippen LogP contribution in [0, 0.1) is 11.6 Å². The van der Waals surface area contributed by atoms with Gasteiger partial charge in [0.15, 0.2) is 5.78 Å². The highest BCUT2D eigenvalue weighted by Crippen LogP contribution is 2.34. The lowest BCUT2D eigenvalue weighted by atomic mass is 9.96. The maximum absolute atomic E-state index is 13.7. The van der Waals surface area contributed by atoms with E-state index in [-0.39, 0.29) is 30.6 Å². The zero-order valence-electron chi connectivity index (χ0n) is 21.2. The third-order valence-corrected chi connectivity index (χ3v) is 6.59. The normalized spacial score (nSPS) is 15.3. The second-order valence-electron chi connectivity index (χ2n) is 9.85. The summed E-state index contributed by atoms with van der Waals surface area (Å²) >= 11 is 0. The average molecular weight is 502 g/mol. The van der Waals surface area contributed by atoms with Gasteiger partial charge in [-0.25, -0.2) is 13.8 Å². The molecule has 4 aromatic rings. The van der Waals surface area contributed by atoms with E-state index >= 15 is 0 Å². The number of halogens is 2. The van der Waals surface area contributed by atoms with Crippen LogP contribution in [0.3, 0.4) is 0 Å². The summed E-state index contributed by atoms with van der Waals surface area (Å²) in [5.41, 5.74) is 4.66. The first kappa shape index (κ1) is 24.8. The number of aliphatic imine (C=N–C) groups is 1. The first-order valence-electron chi connectivity index (χ1n) is 12.6. The summed E-state index contributed by atoms with van der Waals surface area (Å²) in [5, 5.41) is 0.838. The second-order valence-corrected chi connectivity index (χ2v) is 9.85. The molecular formula is C30H29F2N3O2. The molecule has 190 valence electrons. The number of hydrogen-bond donors (Lipinski definition) is 0. The molecule has 3 heterocycles. The number of aryl methyl sites for hydroxylation is 1. The minimum Gasteiger partial charge on any atom is -0.475 e. The van der Waals surface area contributed by atoms with E-state index in [2.05, 4.69) is 28.4 Å². The Kier molecular flexibility index (Phi) is 6.87. The number of ketones is 1. The summed E-state index contributed by atoms with van der Waals surface area (Å²) in [7, 11) is 0. The van der Waals surface area contributed by atoms with Crippen LogP contribution in [0.15, 0.2) is 65.8 Å². The molecule has 0 amide bonds. The fraction of sp³-hybridized carbons (Fsp3) is 0.300. The molecule has 1 atom stereocenters. The zero-order chi connectivity index (χ0) is 26.1. The van der Waals surface area contributed by atoms with Crippen LogP contribution in [0.5, 0.6) is 0 Å². The summed E-state index contributed by atoms with van der Waals surface area (Å²) in [6.45, 7) is 7.18. The van der Waals surface area contributed by atoms with E-state index in [0.29, 0.717) is 30.2 Å². The van der Waals surface area contributed by atoms with Gasteiger partial charge in [0.1, 0.15) is 18.2 Å². The van der Waals surface area contributed by atoms with Gasteiger partial charge in [-0.2, -0.15) is 0 Å². The quantitative estimate of drug-likeness (QED) is 0.260. The van der Waals surface area contributed by atoms with Crippen molar-refractivity contribution in [3.8, 4) is 0 Å². The van der Waals surface area contributed by atoms with Gasteiger partial charge in [0.25, 0.3) is 0 Å². The average Bonchev–Trinajstić information content (AvgIpc) is 3.44. The Bertz CT molecular complexity index is 1470. The molecule has 5 rings (SSSR count). The Morgan fingerprint density at radius 3 is 2.54 bits per heavy atom. The van der Waals surface area contributed by atoms with Crippen LogP contribution in [0.2, 0.25) is 0 Å². The summed E-state index contributed by atoms with van der Waals surface area (Å²) in [6.07, 6.45) is 2.15. The SMILES string of the molecule is CC(C)c1c(C(=O)CCc2cc(F)cc(F)c2)c2ccc(C3=N[C@@H](C)CO3)cc2n1Cc1ccccn1. The molecule has 2 aromatic carbocycles. The van der Waals surface area contributed by atoms with Crippen molar-refractivity contribution in [1.29, 1.82) is 0 Å². The van der Waals surface area contributed by atoms with Gasteiger partial charge in [0.05, 0.1) is 23.8 Å². The molecule has 0 N–H and O–H groups in total. The van der Waals surface area contributed by atoms with Gasteiger partial charge in [-0.1, -0.05) is 26.0 Å². The third-order valence-electron chi connectivity index (χ3n) is 6.59. The second kappa shape index (κ2) is 10.2. The number of rotatable bonds is 8. The number of aromatic nitrogens is 2. The van der Waals surface area contributed by atoms with Crippen molar-refractivity contribution >= 4 is 22.6 Å². The lowest BCUT2D eigenvalue weighted by Crippen LogP contribution is -2.11. The van der Waals surface area contributed by atoms with Crippen molar-refractivity contribution in [2.24, 2.45) is 4.99 Å². The van der Waals surface area contributed by atoms with E-state index < -0.39 is 11.6 Å². The topological polar surface area (TPSA) is 56.5 Å². The van der Waals surface area contributed by atoms with Gasteiger partial charge in [-0.3, -0.25) is 9.78 Å². The van der Waals surface area contributed by atoms with E-state index in [9.17, 15) is 13.6 Å². The first-order chi connectivity index (χ1) is 17.8. The molecule has 0 fully saturated rings. The van der Waals surface area contributed by atoms with Crippen molar-refractivity contribution in [2.45, 2.75) is 52.1 Å². The minimum absolute atomic E-state index is 0.0465. The summed E-state index contributed by atoms with van der Waals surface area (Å²) < 4.78 is 35.3. The molecule has 0 unspecified atom stereocenters. The van der Waals surface area contributed by atoms with Crippen molar-refractivity contribution in [1.82, 2.24) is 9.55 Å². The molecule has 0 saturated carbocycles. The molecule has 1 aliphatic heterocycles. The Morgan fingerprint density at radius 2 is 1.89 bits per heavy atom. The molecule has 0 bridgehead atoms. The highest BCUT2D eigenvalue weighted by atomic mass is 19.1. The lowest BCUT2D eigenvalue weighted by molar-refractivity contribution is 0.0982. The highest BCUT2D eigenvalue weighted by Gasteiger charge is 2.26. The highest BCUT2D eigenvalue weighted by molar-refractivity contribution is 6.11. The number of ether oxygens (including phenoxy) is 1. The number of hydrogen-bond acceptors (Lipinski definition) is 4. The minimum atomic E-state index is -0.642. The van der Waals surface area contributed by atoms with Crippen molar-refractivity contribution < 1.29 is 18.3 Å². The van der Waals surface area contributed by atoms with Crippen molar-refractivity contribution in [3.05, 3.63) is 101 Å². The molecule has 0 saturated heterocycles. The maximum atomic E-state index is 13.7. The van der Waals surface area contributed by atoms with Gasteiger partial charge in [0.2, 0.25) is 5.90 Å². The molecule has 37 heavy (non-hydrogen) atoms. The lowest BCUT2D eigenvalue weighted by Gasteiger charge is -2.15. The molecule has 2 aromatic heterocycles. The van der Waals surface area contributed by atoms with E-state index in [1.54, 1.807) is 6.20 Å². The van der Waals surface area contributed by atoms with E-state index in [1.165, 1.54) is 12.1 Å². The van der Waals surface area contributed by atoms with Crippen LogP contribution in [-0.4, -0.2) is 33.9 Å². The number of nitrogens with zero attached hydrogens (tertiary/aromatic N) is 3. The molecule has 7 heteroatoms. The number of benzene rings is 2. The van der Waals surface area contributed by atoms with Gasteiger partial charge in [-0.15, -0.1) is 0 Å². The summed E-state index contributed by atoms with van der Waals surface area (Å²) in [4.78, 5) is 22.8. The van der Waals surface area contributed by atoms with Crippen LogP contribution in [0.25, 0.3) is 10.9 Å². The number of carbonyl (C=O) groups is 1. The van der Waals surface area contributed by atoms with Crippen LogP contribution >= 0.6 is 0 Å². The number of fused-ring (bicyclic) bond motifs is 1. The zero-order valence-corrected chi connectivity index (χ0v) is 21.2. The molecule has 0 radical (unpaired) electrons. The molecular weight excluding hydrogens is 472 g/mol. The van der Waals surface area contributed by atoms with Crippen LogP contribution in [0.4, 0.5) is 8.78 Å². The smallest absolute Gasteiger partial charge is 0.216 e. The van der Waals surface area contributed by atoms with Crippen LogP contribution in [-0.2, 0) is 17.7 Å². The first-order valence-corrected chi connectivity index (χ1v) is 12.6. The van der Waals surface area contributed by atoms with E-state index in [0.717, 1.165) is 33.9 Å². The summed E-state index contributed by atoms with van der Waals surface area (Å²) in [5.74, 6) is -0.696. The Labute approximate surface area is 214 Å². The number of carbonyl (C=O) groups excluding carboxylic acids is 1. The fourth-order valence-corrected chi connectivity index (χ4v) is 4.99. The molecule has 0 spiro atoms. The van der Waals surface area contributed by atoms with Crippen molar-refractivity contribution in [2.75, 3.05) is 6.61 Å². The third kappa shape index (κ3) is 5.17. The number of Topliss-reactive ketones (excluding diaryl/α,β-unsaturated/α-hetero) is 1. The van der Waals surface area contributed by atoms with E-state index in [1.807, 2.05) is 43.3 Å². The standard InChI is InChI=1S/C30H29F2N3O2/c1-18(2)29-28(27(36)10-7-20-12-22(31)15-23(32)13-20)25-9-8-21(30-34-19(3)17-37-30)14-26(25)35(29)16-24-6-4-5-11-33-24/h4-6,8-9,11-15,18-19H,7,10,16-17H2,1-3H3/t19-/m0/s1. The predicted octanol–water partition coefficient (Wildman–Crippen LogP) is 6.47. The molecule has 5 nitrogen and oxygen atoms in total. The largest absolute Gasteiger partial charge is 0.475 e. The summed E-state index contributed by atoms with van der Waals surface area (Å²) in [6, 6.07) is 15.2. The van der Waals surface area contributed by atoms with E-state index in [4.69, 9.17) is 4.74 Å². The monoisotopic (exact) mass is 501 g/mol. The maximum Gasteiger partial charge on any atom is 0.216 e. The van der Waals surface area contributed by atoms with Crippen LogP contribution in [0.1, 0.15) is 66.0 Å². The van der Waals surface area contributed by atoms with Gasteiger partial charge in [0, 0.05) is 40.9 Å². The van der Waals surface area contributed by atoms with Gasteiger partial charge in [-0.05, 0) is 61.2 Å². The van der Waals surface area contributed by atoms with Crippen molar-refractivity contribution in [3.63, 3.8) is 0 Å². The van der Waals surface area contributed by atoms with Crippen LogP contribution < -0.4 is 0 Å². The molecule has 0 aliphatic carbocycles. The number of pyridine rings is 1. The molecule has 1 aliphatic rings. The Morgan fingerprint density at radius 1 is 1.11 bits per heavy atom. The fourth-order valence-electron chi connectivity index (χ4n) is 4.99. The Balaban J connectivity index is 1.60.